The van der Waals surface area contributed by atoms with E-state index in [0.29, 0.717) is 28.6 Å². The van der Waals surface area contributed by atoms with Crippen LogP contribution in [0.4, 0.5) is 16.2 Å². The Balaban J connectivity index is 1.77. The Hall–Kier alpha value is -3.39. The predicted octanol–water partition coefficient (Wildman–Crippen LogP) is 4.34. The van der Waals surface area contributed by atoms with Crippen LogP contribution < -0.4 is 16.0 Å². The van der Waals surface area contributed by atoms with Gasteiger partial charge in [0.1, 0.15) is 0 Å². The Morgan fingerprint density at radius 3 is 2.10 bits per heavy atom. The summed E-state index contributed by atoms with van der Waals surface area (Å²) in [5.41, 5.74) is 4.57. The lowest BCUT2D eigenvalue weighted by atomic mass is 9.95. The van der Waals surface area contributed by atoms with Gasteiger partial charge in [0.2, 0.25) is 0 Å². The second-order valence-corrected chi connectivity index (χ2v) is 7.57. The molecule has 31 heavy (non-hydrogen) atoms. The molecule has 8 heteroatoms. The molecule has 1 heterocycles. The van der Waals surface area contributed by atoms with E-state index < -0.39 is 12.0 Å². The summed E-state index contributed by atoms with van der Waals surface area (Å²) < 4.78 is 5.01. The molecule has 0 saturated heterocycles. The van der Waals surface area contributed by atoms with Crippen LogP contribution in [0.15, 0.2) is 59.8 Å². The minimum absolute atomic E-state index is 0.335. The number of benzene rings is 2. The number of carbonyl (C=O) groups is 2. The molecule has 1 unspecified atom stereocenters. The van der Waals surface area contributed by atoms with Crippen molar-refractivity contribution in [1.29, 1.82) is 0 Å². The summed E-state index contributed by atoms with van der Waals surface area (Å²) in [5.74, 6) is -0.407. The summed E-state index contributed by atoms with van der Waals surface area (Å²) in [6, 6.07) is 14.0. The number of ether oxygens (including phenoxy) is 1. The van der Waals surface area contributed by atoms with Crippen LogP contribution >= 0.6 is 12.2 Å². The van der Waals surface area contributed by atoms with Crippen LogP contribution in [0.25, 0.3) is 0 Å². The third-order valence-electron chi connectivity index (χ3n) is 5.13. The summed E-state index contributed by atoms with van der Waals surface area (Å²) in [4.78, 5) is 26.6. The van der Waals surface area contributed by atoms with E-state index in [1.165, 1.54) is 7.11 Å². The van der Waals surface area contributed by atoms with Gasteiger partial charge in [-0.2, -0.15) is 0 Å². The lowest BCUT2D eigenvalue weighted by Crippen LogP contribution is -2.47. The van der Waals surface area contributed by atoms with Gasteiger partial charge in [0.15, 0.2) is 5.11 Å². The van der Waals surface area contributed by atoms with E-state index in [4.69, 9.17) is 17.0 Å². The number of esters is 1. The number of methoxy groups -OCH3 is 1. The smallest absolute Gasteiger partial charge is 0.337 e. The normalized spacial score (nSPS) is 15.9. The first-order valence-corrected chi connectivity index (χ1v) is 10.4. The van der Waals surface area contributed by atoms with E-state index in [0.717, 1.165) is 16.8 Å². The number of amides is 2. The van der Waals surface area contributed by atoms with Gasteiger partial charge >= 0.3 is 12.0 Å². The minimum Gasteiger partial charge on any atom is -0.466 e. The van der Waals surface area contributed by atoms with Crippen molar-refractivity contribution in [3.63, 3.8) is 0 Å². The summed E-state index contributed by atoms with van der Waals surface area (Å²) in [6.07, 6.45) is 0. The van der Waals surface area contributed by atoms with Crippen LogP contribution in [0.1, 0.15) is 31.0 Å². The summed E-state index contributed by atoms with van der Waals surface area (Å²) in [6.45, 7) is 6.46. The number of nitrogens with one attached hydrogen (secondary N) is 3. The molecule has 3 N–H and O–H groups in total. The van der Waals surface area contributed by atoms with E-state index in [9.17, 15) is 9.59 Å². The first kappa shape index (κ1) is 22.3. The zero-order valence-electron chi connectivity index (χ0n) is 18.0. The number of anilines is 2. The molecule has 0 bridgehead atoms. The van der Waals surface area contributed by atoms with Gasteiger partial charge in [-0.05, 0) is 62.8 Å². The summed E-state index contributed by atoms with van der Waals surface area (Å²) in [7, 11) is 1.36. The van der Waals surface area contributed by atoms with Crippen LogP contribution in [0.2, 0.25) is 0 Å². The number of nitrogens with zero attached hydrogens (tertiary/aromatic N) is 1. The van der Waals surface area contributed by atoms with Crippen molar-refractivity contribution in [2.75, 3.05) is 24.3 Å². The zero-order chi connectivity index (χ0) is 22.5. The predicted molar refractivity (Wildman–Crippen MR) is 126 cm³/mol. The summed E-state index contributed by atoms with van der Waals surface area (Å²) in [5, 5.41) is 9.38. The molecule has 0 radical (unpaired) electrons. The molecular formula is C23H26N4O3S. The van der Waals surface area contributed by atoms with Crippen molar-refractivity contribution >= 4 is 40.7 Å². The molecule has 1 aliphatic rings. The third kappa shape index (κ3) is 5.03. The Morgan fingerprint density at radius 1 is 1.03 bits per heavy atom. The number of thiocarbonyl (C=S) groups is 1. The first-order valence-electron chi connectivity index (χ1n) is 9.95. The molecule has 162 valence electrons. The van der Waals surface area contributed by atoms with E-state index in [2.05, 4.69) is 16.0 Å². The van der Waals surface area contributed by atoms with Gasteiger partial charge in [0, 0.05) is 23.6 Å². The molecule has 0 fully saturated rings. The number of carbonyl (C=O) groups excluding carboxylic acids is 2. The molecular weight excluding hydrogens is 412 g/mol. The maximum Gasteiger partial charge on any atom is 0.337 e. The fraction of sp³-hybridized carbons (Fsp3) is 0.261. The quantitative estimate of drug-likeness (QED) is 0.476. The lowest BCUT2D eigenvalue weighted by Gasteiger charge is -2.36. The van der Waals surface area contributed by atoms with Crippen molar-refractivity contribution in [2.45, 2.75) is 26.8 Å². The van der Waals surface area contributed by atoms with Crippen LogP contribution in [-0.2, 0) is 9.53 Å². The van der Waals surface area contributed by atoms with Gasteiger partial charge in [-0.3, -0.25) is 0 Å². The van der Waals surface area contributed by atoms with E-state index in [1.807, 2.05) is 62.1 Å². The SMILES string of the molecule is CCN1C(=S)NC(c2ccc(NC(=O)Nc3ccc(C)cc3)cc2)C(C(=O)OC)=C1C. The van der Waals surface area contributed by atoms with E-state index >= 15 is 0 Å². The van der Waals surface area contributed by atoms with Crippen molar-refractivity contribution in [3.05, 3.63) is 70.9 Å². The Labute approximate surface area is 187 Å². The molecule has 3 rings (SSSR count). The van der Waals surface area contributed by atoms with Crippen LogP contribution in [0, 0.1) is 6.92 Å². The molecule has 0 saturated carbocycles. The van der Waals surface area contributed by atoms with E-state index in [-0.39, 0.29) is 6.03 Å². The highest BCUT2D eigenvalue weighted by atomic mass is 32.1. The molecule has 0 spiro atoms. The number of rotatable bonds is 5. The number of allylic oxidation sites excluding steroid dienone is 1. The number of hydrogen-bond acceptors (Lipinski definition) is 4. The second kappa shape index (κ2) is 9.61. The van der Waals surface area contributed by atoms with Crippen molar-refractivity contribution in [1.82, 2.24) is 10.2 Å². The average Bonchev–Trinajstić information content (AvgIpc) is 2.75. The Kier molecular flexibility index (Phi) is 6.91. The highest BCUT2D eigenvalue weighted by Gasteiger charge is 2.33. The lowest BCUT2D eigenvalue weighted by molar-refractivity contribution is -0.136. The highest BCUT2D eigenvalue weighted by molar-refractivity contribution is 7.80. The molecule has 0 aliphatic carbocycles. The van der Waals surface area contributed by atoms with Gasteiger partial charge in [0.05, 0.1) is 18.7 Å². The third-order valence-corrected chi connectivity index (χ3v) is 5.47. The molecule has 2 amide bonds. The molecule has 7 nitrogen and oxygen atoms in total. The van der Waals surface area contributed by atoms with Gasteiger partial charge in [-0.25, -0.2) is 9.59 Å². The number of hydrogen-bond donors (Lipinski definition) is 3. The Morgan fingerprint density at radius 2 is 1.58 bits per heavy atom. The van der Waals surface area contributed by atoms with Crippen LogP contribution in [0.3, 0.4) is 0 Å². The maximum atomic E-state index is 12.5. The van der Waals surface area contributed by atoms with Crippen molar-refractivity contribution < 1.29 is 14.3 Å². The Bertz CT molecular complexity index is 1020. The summed E-state index contributed by atoms with van der Waals surface area (Å²) >= 11 is 5.47. The standard InChI is InChI=1S/C23H26N4O3S/c1-5-27-15(3)19(21(28)30-4)20(26-23(27)31)16-8-12-18(13-9-16)25-22(29)24-17-10-6-14(2)7-11-17/h6-13,20H,5H2,1-4H3,(H,26,31)(H2,24,25,29). The van der Waals surface area contributed by atoms with Gasteiger partial charge in [-0.15, -0.1) is 0 Å². The molecule has 2 aromatic rings. The minimum atomic E-state index is -0.432. The van der Waals surface area contributed by atoms with Gasteiger partial charge < -0.3 is 25.6 Å². The van der Waals surface area contributed by atoms with Gasteiger partial charge in [-0.1, -0.05) is 29.8 Å². The fourth-order valence-corrected chi connectivity index (χ4v) is 3.86. The van der Waals surface area contributed by atoms with Crippen molar-refractivity contribution in [2.24, 2.45) is 0 Å². The fourth-order valence-electron chi connectivity index (χ4n) is 3.48. The first-order chi connectivity index (χ1) is 14.8. The van der Waals surface area contributed by atoms with Crippen LogP contribution in [0.5, 0.6) is 0 Å². The highest BCUT2D eigenvalue weighted by Crippen LogP contribution is 2.31. The van der Waals surface area contributed by atoms with E-state index in [1.54, 1.807) is 12.1 Å². The number of urea groups is 1. The molecule has 0 aromatic heterocycles. The molecule has 1 aliphatic heterocycles. The average molecular weight is 439 g/mol. The maximum absolute atomic E-state index is 12.5. The largest absolute Gasteiger partial charge is 0.466 e. The second-order valence-electron chi connectivity index (χ2n) is 7.18. The monoisotopic (exact) mass is 438 g/mol. The topological polar surface area (TPSA) is 82.7 Å². The zero-order valence-corrected chi connectivity index (χ0v) is 18.8. The van der Waals surface area contributed by atoms with Crippen molar-refractivity contribution in [3.8, 4) is 0 Å². The molecule has 1 atom stereocenters. The molecule has 2 aromatic carbocycles. The van der Waals surface area contributed by atoms with Crippen LogP contribution in [-0.4, -0.2) is 35.7 Å². The van der Waals surface area contributed by atoms with Gasteiger partial charge in [0.25, 0.3) is 0 Å². The number of aryl methyl sites for hydroxylation is 1.